The smallest absolute Gasteiger partial charge is 0.326 e. The van der Waals surface area contributed by atoms with Crippen LogP contribution in [0.25, 0.3) is 0 Å². The average molecular weight is 276 g/mol. The minimum Gasteiger partial charge on any atom is -0.468 e. The largest absolute Gasteiger partial charge is 0.468 e. The van der Waals surface area contributed by atoms with Crippen LogP contribution in [0.5, 0.6) is 0 Å². The molecule has 0 aliphatic heterocycles. The highest BCUT2D eigenvalue weighted by Crippen LogP contribution is 2.31. The molecule has 0 amide bonds. The molecule has 1 atom stereocenters. The summed E-state index contributed by atoms with van der Waals surface area (Å²) in [7, 11) is 1.46. The number of hydrogen-bond acceptors (Lipinski definition) is 4. The van der Waals surface area contributed by atoms with Gasteiger partial charge in [-0.2, -0.15) is 0 Å². The molecule has 20 heavy (non-hydrogen) atoms. The van der Waals surface area contributed by atoms with Gasteiger partial charge in [-0.1, -0.05) is 43.2 Å². The van der Waals surface area contributed by atoms with Crippen LogP contribution in [0.4, 0.5) is 0 Å². The molecule has 0 saturated heterocycles. The van der Waals surface area contributed by atoms with E-state index in [2.05, 4.69) is 5.32 Å². The lowest BCUT2D eigenvalue weighted by atomic mass is 9.97. The third kappa shape index (κ3) is 3.38. The number of carbonyl (C=O) groups is 1. The summed E-state index contributed by atoms with van der Waals surface area (Å²) in [6.07, 6.45) is 4.68. The molecule has 0 spiro atoms. The van der Waals surface area contributed by atoms with Crippen molar-refractivity contribution in [3.8, 4) is 0 Å². The molecule has 1 aromatic carbocycles. The van der Waals surface area contributed by atoms with E-state index in [4.69, 9.17) is 10.5 Å². The van der Waals surface area contributed by atoms with Crippen molar-refractivity contribution < 1.29 is 9.53 Å². The number of methoxy groups -OCH3 is 1. The van der Waals surface area contributed by atoms with E-state index in [1.54, 1.807) is 0 Å². The lowest BCUT2D eigenvalue weighted by Crippen LogP contribution is -2.51. The molecule has 1 fully saturated rings. The van der Waals surface area contributed by atoms with Crippen LogP contribution in [0, 0.1) is 0 Å². The quantitative estimate of drug-likeness (QED) is 0.781. The lowest BCUT2D eigenvalue weighted by Gasteiger charge is -2.28. The normalized spacial score (nSPS) is 18.7. The molecule has 1 saturated carbocycles. The fourth-order valence-corrected chi connectivity index (χ4v) is 2.96. The topological polar surface area (TPSA) is 64.3 Å². The van der Waals surface area contributed by atoms with Crippen molar-refractivity contribution in [1.29, 1.82) is 0 Å². The van der Waals surface area contributed by atoms with Crippen LogP contribution in [0.3, 0.4) is 0 Å². The molecule has 1 unspecified atom stereocenters. The first kappa shape index (κ1) is 15.0. The Bertz CT molecular complexity index is 427. The molecule has 1 aliphatic carbocycles. The Balaban J connectivity index is 1.86. The number of ether oxygens (including phenoxy) is 1. The van der Waals surface area contributed by atoms with Gasteiger partial charge in [-0.3, -0.25) is 4.79 Å². The molecule has 1 aromatic rings. The molecule has 0 bridgehead atoms. The summed E-state index contributed by atoms with van der Waals surface area (Å²) in [5, 5.41) is 3.39. The monoisotopic (exact) mass is 276 g/mol. The standard InChI is InChI=1S/C16H24N2O2/c1-20-15(19)16(10-5-6-11-16)18-12-9-14(17)13-7-3-2-4-8-13/h2-4,7-8,14,18H,5-6,9-12,17H2,1H3. The Labute approximate surface area is 120 Å². The number of esters is 1. The van der Waals surface area contributed by atoms with Gasteiger partial charge >= 0.3 is 5.97 Å². The van der Waals surface area contributed by atoms with Gasteiger partial charge in [0, 0.05) is 6.04 Å². The summed E-state index contributed by atoms with van der Waals surface area (Å²) in [5.41, 5.74) is 6.83. The van der Waals surface area contributed by atoms with E-state index in [1.807, 2.05) is 30.3 Å². The Hall–Kier alpha value is -1.39. The zero-order valence-electron chi connectivity index (χ0n) is 12.1. The third-order valence-electron chi connectivity index (χ3n) is 4.18. The first-order valence-corrected chi connectivity index (χ1v) is 7.32. The highest BCUT2D eigenvalue weighted by Gasteiger charge is 2.41. The van der Waals surface area contributed by atoms with Gasteiger partial charge in [0.25, 0.3) is 0 Å². The summed E-state index contributed by atoms with van der Waals surface area (Å²) in [5.74, 6) is -0.136. The summed E-state index contributed by atoms with van der Waals surface area (Å²) in [6, 6.07) is 10.1. The van der Waals surface area contributed by atoms with Crippen molar-refractivity contribution in [1.82, 2.24) is 5.32 Å². The van der Waals surface area contributed by atoms with Crippen LogP contribution in [-0.4, -0.2) is 25.2 Å². The van der Waals surface area contributed by atoms with Gasteiger partial charge in [-0.15, -0.1) is 0 Å². The number of nitrogens with one attached hydrogen (secondary N) is 1. The molecule has 0 radical (unpaired) electrons. The maximum atomic E-state index is 12.0. The van der Waals surface area contributed by atoms with E-state index in [0.717, 1.165) is 44.2 Å². The van der Waals surface area contributed by atoms with Gasteiger partial charge in [0.1, 0.15) is 5.54 Å². The van der Waals surface area contributed by atoms with Gasteiger partial charge < -0.3 is 15.8 Å². The van der Waals surface area contributed by atoms with Gasteiger partial charge in [-0.25, -0.2) is 0 Å². The molecular formula is C16H24N2O2. The SMILES string of the molecule is COC(=O)C1(NCCC(N)c2ccccc2)CCCC1. The van der Waals surface area contributed by atoms with Crippen LogP contribution in [0.15, 0.2) is 30.3 Å². The minimum absolute atomic E-state index is 0.000185. The van der Waals surface area contributed by atoms with E-state index >= 15 is 0 Å². The molecular weight excluding hydrogens is 252 g/mol. The van der Waals surface area contributed by atoms with Crippen molar-refractivity contribution in [3.63, 3.8) is 0 Å². The van der Waals surface area contributed by atoms with Crippen molar-refractivity contribution in [2.45, 2.75) is 43.7 Å². The molecule has 0 aromatic heterocycles. The van der Waals surface area contributed by atoms with E-state index in [0.29, 0.717) is 0 Å². The Morgan fingerprint density at radius 1 is 1.35 bits per heavy atom. The molecule has 2 rings (SSSR count). The second-order valence-corrected chi connectivity index (χ2v) is 5.51. The summed E-state index contributed by atoms with van der Waals surface area (Å²) >= 11 is 0. The fraction of sp³-hybridized carbons (Fsp3) is 0.562. The number of hydrogen-bond donors (Lipinski definition) is 2. The Morgan fingerprint density at radius 3 is 2.60 bits per heavy atom. The second kappa shape index (κ2) is 6.86. The number of rotatable bonds is 6. The van der Waals surface area contributed by atoms with Crippen LogP contribution in [0.1, 0.15) is 43.7 Å². The highest BCUT2D eigenvalue weighted by atomic mass is 16.5. The van der Waals surface area contributed by atoms with E-state index < -0.39 is 5.54 Å². The zero-order chi connectivity index (χ0) is 14.4. The fourth-order valence-electron chi connectivity index (χ4n) is 2.96. The van der Waals surface area contributed by atoms with Crippen molar-refractivity contribution in [2.75, 3.05) is 13.7 Å². The lowest BCUT2D eigenvalue weighted by molar-refractivity contribution is -0.148. The van der Waals surface area contributed by atoms with E-state index in [1.165, 1.54) is 7.11 Å². The van der Waals surface area contributed by atoms with E-state index in [-0.39, 0.29) is 12.0 Å². The first-order valence-electron chi connectivity index (χ1n) is 7.32. The van der Waals surface area contributed by atoms with Crippen molar-refractivity contribution >= 4 is 5.97 Å². The number of benzene rings is 1. The average Bonchev–Trinajstić information content (AvgIpc) is 2.97. The maximum Gasteiger partial charge on any atom is 0.326 e. The Kier molecular flexibility index (Phi) is 5.15. The molecule has 1 aliphatic rings. The first-order chi connectivity index (χ1) is 9.68. The van der Waals surface area contributed by atoms with Crippen LogP contribution in [-0.2, 0) is 9.53 Å². The van der Waals surface area contributed by atoms with Crippen molar-refractivity contribution in [3.05, 3.63) is 35.9 Å². The van der Waals surface area contributed by atoms with E-state index in [9.17, 15) is 4.79 Å². The highest BCUT2D eigenvalue weighted by molar-refractivity contribution is 5.81. The van der Waals surface area contributed by atoms with Crippen LogP contribution >= 0.6 is 0 Å². The molecule has 3 N–H and O–H groups in total. The molecule has 4 heteroatoms. The molecule has 4 nitrogen and oxygen atoms in total. The predicted molar refractivity (Wildman–Crippen MR) is 79.2 cm³/mol. The summed E-state index contributed by atoms with van der Waals surface area (Å²) in [4.78, 5) is 12.0. The molecule has 110 valence electrons. The van der Waals surface area contributed by atoms with Crippen molar-refractivity contribution in [2.24, 2.45) is 5.73 Å². The van der Waals surface area contributed by atoms with Gasteiger partial charge in [-0.05, 0) is 31.4 Å². The van der Waals surface area contributed by atoms with Gasteiger partial charge in [0.15, 0.2) is 0 Å². The number of nitrogens with two attached hydrogens (primary N) is 1. The third-order valence-corrected chi connectivity index (χ3v) is 4.18. The second-order valence-electron chi connectivity index (χ2n) is 5.51. The summed E-state index contributed by atoms with van der Waals surface area (Å²) < 4.78 is 4.95. The minimum atomic E-state index is -0.481. The maximum absolute atomic E-state index is 12.0. The van der Waals surface area contributed by atoms with Crippen LogP contribution in [0.2, 0.25) is 0 Å². The Morgan fingerprint density at radius 2 is 2.00 bits per heavy atom. The number of carbonyl (C=O) groups excluding carboxylic acids is 1. The van der Waals surface area contributed by atoms with Gasteiger partial charge in [0.2, 0.25) is 0 Å². The predicted octanol–water partition coefficient (Wildman–Crippen LogP) is 2.15. The summed E-state index contributed by atoms with van der Waals surface area (Å²) in [6.45, 7) is 0.727. The molecule has 0 heterocycles. The zero-order valence-corrected chi connectivity index (χ0v) is 12.1. The van der Waals surface area contributed by atoms with Crippen LogP contribution < -0.4 is 11.1 Å². The van der Waals surface area contributed by atoms with Gasteiger partial charge in [0.05, 0.1) is 7.11 Å².